The first-order chi connectivity index (χ1) is 15.3. The van der Waals surface area contributed by atoms with Gasteiger partial charge >= 0.3 is 0 Å². The van der Waals surface area contributed by atoms with E-state index in [1.165, 1.54) is 0 Å². The van der Waals surface area contributed by atoms with E-state index in [1.54, 1.807) is 12.0 Å². The van der Waals surface area contributed by atoms with Crippen LogP contribution in [0.25, 0.3) is 0 Å². The summed E-state index contributed by atoms with van der Waals surface area (Å²) in [5.41, 5.74) is 3.26. The van der Waals surface area contributed by atoms with Gasteiger partial charge in [0.1, 0.15) is 23.9 Å². The van der Waals surface area contributed by atoms with Crippen molar-refractivity contribution in [2.45, 2.75) is 58.9 Å². The number of benzene rings is 2. The van der Waals surface area contributed by atoms with E-state index in [0.29, 0.717) is 36.9 Å². The standard InChI is InChI=1S/C27H36N2O4/c1-26(2,3)21-12-18(13-22(24(21)31)27(4,5)6)23(30)16-29-15-17-8-9-19(33-11-10-32-7)14-20(17)25(29)28/h8-9,12-14,28,31H,10-11,15-16H2,1-7H3. The molecule has 6 heteroatoms. The number of carbonyl (C=O) groups is 1. The molecule has 2 N–H and O–H groups in total. The average molecular weight is 453 g/mol. The summed E-state index contributed by atoms with van der Waals surface area (Å²) in [5.74, 6) is 1.20. The zero-order valence-electron chi connectivity index (χ0n) is 20.8. The predicted octanol–water partition coefficient (Wildman–Crippen LogP) is 5.04. The molecule has 0 aliphatic carbocycles. The van der Waals surface area contributed by atoms with Crippen molar-refractivity contribution in [1.29, 1.82) is 5.41 Å². The van der Waals surface area contributed by atoms with Crippen molar-refractivity contribution < 1.29 is 19.4 Å². The Hall–Kier alpha value is -2.86. The van der Waals surface area contributed by atoms with Crippen LogP contribution >= 0.6 is 0 Å². The van der Waals surface area contributed by atoms with Gasteiger partial charge < -0.3 is 19.5 Å². The molecule has 0 spiro atoms. The number of carbonyl (C=O) groups excluding carboxylic acids is 1. The highest BCUT2D eigenvalue weighted by Crippen LogP contribution is 2.40. The van der Waals surface area contributed by atoms with Crippen LogP contribution in [0.2, 0.25) is 0 Å². The van der Waals surface area contributed by atoms with Crippen LogP contribution in [0.3, 0.4) is 0 Å². The Labute approximate surface area is 197 Å². The van der Waals surface area contributed by atoms with Gasteiger partial charge in [-0.1, -0.05) is 47.6 Å². The van der Waals surface area contributed by atoms with Crippen molar-refractivity contribution in [3.05, 3.63) is 58.1 Å². The zero-order chi connectivity index (χ0) is 24.6. The second kappa shape index (κ2) is 9.18. The minimum Gasteiger partial charge on any atom is -0.507 e. The molecule has 0 amide bonds. The van der Waals surface area contributed by atoms with E-state index >= 15 is 0 Å². The molecule has 0 saturated heterocycles. The molecule has 1 aliphatic rings. The summed E-state index contributed by atoms with van der Waals surface area (Å²) in [4.78, 5) is 15.1. The monoisotopic (exact) mass is 452 g/mol. The van der Waals surface area contributed by atoms with Crippen molar-refractivity contribution in [1.82, 2.24) is 4.90 Å². The maximum atomic E-state index is 13.3. The molecule has 2 aromatic rings. The summed E-state index contributed by atoms with van der Waals surface area (Å²) in [6, 6.07) is 9.31. The number of methoxy groups -OCH3 is 1. The fourth-order valence-electron chi connectivity index (χ4n) is 4.04. The predicted molar refractivity (Wildman–Crippen MR) is 131 cm³/mol. The molecule has 0 aromatic heterocycles. The Morgan fingerprint density at radius 3 is 2.18 bits per heavy atom. The van der Waals surface area contributed by atoms with Gasteiger partial charge in [0.2, 0.25) is 0 Å². The topological polar surface area (TPSA) is 82.9 Å². The van der Waals surface area contributed by atoms with E-state index in [9.17, 15) is 9.90 Å². The number of ether oxygens (including phenoxy) is 2. The number of ketones is 1. The Kier molecular flexibility index (Phi) is 6.89. The van der Waals surface area contributed by atoms with Crippen LogP contribution in [-0.2, 0) is 22.1 Å². The first-order valence-corrected chi connectivity index (χ1v) is 11.3. The number of nitrogens with one attached hydrogen (secondary N) is 1. The van der Waals surface area contributed by atoms with Crippen LogP contribution in [0.5, 0.6) is 11.5 Å². The third kappa shape index (κ3) is 5.38. The smallest absolute Gasteiger partial charge is 0.182 e. The van der Waals surface area contributed by atoms with Gasteiger partial charge in [-0.05, 0) is 40.7 Å². The maximum Gasteiger partial charge on any atom is 0.182 e. The molecule has 0 bridgehead atoms. The van der Waals surface area contributed by atoms with Gasteiger partial charge in [-0.15, -0.1) is 0 Å². The van der Waals surface area contributed by atoms with E-state index in [2.05, 4.69) is 0 Å². The number of amidine groups is 1. The second-order valence-corrected chi connectivity index (χ2v) is 10.7. The number of hydrogen-bond acceptors (Lipinski definition) is 5. The molecule has 1 heterocycles. The molecule has 1 aliphatic heterocycles. The van der Waals surface area contributed by atoms with Gasteiger partial charge in [0.05, 0.1) is 13.2 Å². The van der Waals surface area contributed by atoms with Crippen LogP contribution in [0.1, 0.15) is 74.2 Å². The van der Waals surface area contributed by atoms with E-state index in [0.717, 1.165) is 22.3 Å². The lowest BCUT2D eigenvalue weighted by Gasteiger charge is -2.28. The molecule has 0 radical (unpaired) electrons. The number of hydrogen-bond donors (Lipinski definition) is 2. The van der Waals surface area contributed by atoms with Crippen molar-refractivity contribution in [2.24, 2.45) is 0 Å². The Balaban J connectivity index is 1.84. The third-order valence-corrected chi connectivity index (χ3v) is 5.95. The third-order valence-electron chi connectivity index (χ3n) is 5.95. The first-order valence-electron chi connectivity index (χ1n) is 11.3. The summed E-state index contributed by atoms with van der Waals surface area (Å²) in [7, 11) is 1.62. The minimum atomic E-state index is -0.309. The number of fused-ring (bicyclic) bond motifs is 1. The van der Waals surface area contributed by atoms with Gasteiger partial charge in [-0.3, -0.25) is 10.2 Å². The summed E-state index contributed by atoms with van der Waals surface area (Å²) >= 11 is 0. The summed E-state index contributed by atoms with van der Waals surface area (Å²) in [6.07, 6.45) is 0. The highest BCUT2D eigenvalue weighted by molar-refractivity contribution is 6.05. The van der Waals surface area contributed by atoms with E-state index in [1.807, 2.05) is 71.9 Å². The van der Waals surface area contributed by atoms with Crippen molar-refractivity contribution in [2.75, 3.05) is 26.9 Å². The van der Waals surface area contributed by atoms with Crippen LogP contribution < -0.4 is 4.74 Å². The summed E-state index contributed by atoms with van der Waals surface area (Å²) in [5, 5.41) is 19.6. The molecular formula is C27H36N2O4. The van der Waals surface area contributed by atoms with Gasteiger partial charge in [-0.2, -0.15) is 0 Å². The SMILES string of the molecule is COCCOc1ccc2c(c1)C(=N)N(CC(=O)c1cc(C(C)(C)C)c(O)c(C(C)(C)C)c1)C2. The van der Waals surface area contributed by atoms with Crippen molar-refractivity contribution in [3.63, 3.8) is 0 Å². The Morgan fingerprint density at radius 1 is 1.03 bits per heavy atom. The van der Waals surface area contributed by atoms with Crippen LogP contribution in [0.15, 0.2) is 30.3 Å². The quantitative estimate of drug-likeness (QED) is 0.454. The Bertz CT molecular complexity index is 1030. The van der Waals surface area contributed by atoms with Gasteiger partial charge in [0, 0.05) is 35.9 Å². The summed E-state index contributed by atoms with van der Waals surface area (Å²) < 4.78 is 10.7. The van der Waals surface area contributed by atoms with Gasteiger partial charge in [-0.25, -0.2) is 0 Å². The molecule has 6 nitrogen and oxygen atoms in total. The molecule has 0 unspecified atom stereocenters. The second-order valence-electron chi connectivity index (χ2n) is 10.7. The molecule has 178 valence electrons. The van der Waals surface area contributed by atoms with Gasteiger partial charge in [0.25, 0.3) is 0 Å². The lowest BCUT2D eigenvalue weighted by Crippen LogP contribution is -2.30. The molecule has 33 heavy (non-hydrogen) atoms. The highest BCUT2D eigenvalue weighted by Gasteiger charge is 2.30. The first kappa shape index (κ1) is 24.8. The molecule has 0 saturated carbocycles. The zero-order valence-corrected chi connectivity index (χ0v) is 20.8. The largest absolute Gasteiger partial charge is 0.507 e. The fraction of sp³-hybridized carbons (Fsp3) is 0.481. The van der Waals surface area contributed by atoms with E-state index in [-0.39, 0.29) is 28.9 Å². The van der Waals surface area contributed by atoms with Gasteiger partial charge in [0.15, 0.2) is 5.78 Å². The summed E-state index contributed by atoms with van der Waals surface area (Å²) in [6.45, 7) is 13.7. The number of nitrogens with zero attached hydrogens (tertiary/aromatic N) is 1. The highest BCUT2D eigenvalue weighted by atomic mass is 16.5. The number of phenols is 1. The number of aromatic hydroxyl groups is 1. The lowest BCUT2D eigenvalue weighted by atomic mass is 9.78. The minimum absolute atomic E-state index is 0.0693. The van der Waals surface area contributed by atoms with Crippen LogP contribution in [-0.4, -0.2) is 48.5 Å². The lowest BCUT2D eigenvalue weighted by molar-refractivity contribution is 0.0962. The maximum absolute atomic E-state index is 13.3. The van der Waals surface area contributed by atoms with Crippen molar-refractivity contribution in [3.8, 4) is 11.5 Å². The number of phenolic OH excluding ortho intramolecular Hbond substituents is 1. The van der Waals surface area contributed by atoms with Crippen LogP contribution in [0.4, 0.5) is 0 Å². The van der Waals surface area contributed by atoms with E-state index in [4.69, 9.17) is 14.9 Å². The van der Waals surface area contributed by atoms with E-state index < -0.39 is 0 Å². The van der Waals surface area contributed by atoms with Crippen molar-refractivity contribution >= 4 is 11.6 Å². The number of rotatable bonds is 7. The fourth-order valence-corrected chi connectivity index (χ4v) is 4.04. The molecule has 2 aromatic carbocycles. The molecule has 0 atom stereocenters. The number of Topliss-reactive ketones (excluding diaryl/α,β-unsaturated/α-hetero) is 1. The molecule has 0 fully saturated rings. The molecule has 3 rings (SSSR count). The normalized spacial score (nSPS) is 13.9. The molecular weight excluding hydrogens is 416 g/mol. The average Bonchev–Trinajstić information content (AvgIpc) is 3.01. The Morgan fingerprint density at radius 2 is 1.64 bits per heavy atom. The van der Waals surface area contributed by atoms with Crippen LogP contribution in [0, 0.1) is 5.41 Å².